The standard InChI is InChI=1S/C40H51N5O6S/c1-6-29(4)38(45-23-22-43(40(45)48)26-31-20-21-41-35-15-11-10-14-34(31)35)39(47)42-36(24-30-12-8-7-9-13-30)37(46)27-44(25-28(2)3)52(49,50)33-18-16-32(51-5)17-19-33/h7-21,28-29,36-38,46H,6,22-27H2,1-5H3,(H,42,47)/t29-,36-,37-,38-/m0/s1. The molecule has 1 saturated heterocycles. The molecule has 3 amide bonds. The minimum Gasteiger partial charge on any atom is -0.497 e. The number of pyridine rings is 1. The molecule has 3 aromatic carbocycles. The second kappa shape index (κ2) is 17.3. The Morgan fingerprint density at radius 1 is 0.962 bits per heavy atom. The van der Waals surface area contributed by atoms with Gasteiger partial charge in [0.1, 0.15) is 11.8 Å². The molecule has 0 radical (unpaired) electrons. The molecule has 1 aliphatic heterocycles. The Hall–Kier alpha value is -4.52. The van der Waals surface area contributed by atoms with Crippen molar-refractivity contribution < 1.29 is 27.9 Å². The highest BCUT2D eigenvalue weighted by atomic mass is 32.2. The Labute approximate surface area is 307 Å². The van der Waals surface area contributed by atoms with Gasteiger partial charge in [-0.25, -0.2) is 13.2 Å². The van der Waals surface area contributed by atoms with Crippen LogP contribution in [-0.2, 0) is 27.8 Å². The van der Waals surface area contributed by atoms with E-state index in [4.69, 9.17) is 4.74 Å². The first-order valence-electron chi connectivity index (χ1n) is 18.0. The second-order valence-electron chi connectivity index (χ2n) is 14.0. The number of methoxy groups -OCH3 is 1. The molecule has 4 aromatic rings. The van der Waals surface area contributed by atoms with Crippen LogP contribution in [0.1, 0.15) is 45.2 Å². The molecule has 1 aromatic heterocycles. The lowest BCUT2D eigenvalue weighted by molar-refractivity contribution is -0.128. The van der Waals surface area contributed by atoms with E-state index in [0.717, 1.165) is 22.0 Å². The molecule has 2 heterocycles. The zero-order valence-corrected chi connectivity index (χ0v) is 31.5. The van der Waals surface area contributed by atoms with E-state index in [1.165, 1.54) is 23.5 Å². The van der Waals surface area contributed by atoms with E-state index in [0.29, 0.717) is 31.8 Å². The number of aliphatic hydroxyl groups excluding tert-OH is 1. The van der Waals surface area contributed by atoms with Crippen molar-refractivity contribution in [1.29, 1.82) is 0 Å². The summed E-state index contributed by atoms with van der Waals surface area (Å²) in [4.78, 5) is 36.3. The predicted octanol–water partition coefficient (Wildman–Crippen LogP) is 5.33. The summed E-state index contributed by atoms with van der Waals surface area (Å²) in [5.74, 6) is -0.0758. The van der Waals surface area contributed by atoms with Crippen LogP contribution in [0.25, 0.3) is 10.9 Å². The molecule has 4 atom stereocenters. The molecule has 11 nitrogen and oxygen atoms in total. The van der Waals surface area contributed by atoms with Crippen LogP contribution in [-0.4, -0.2) is 96.0 Å². The minimum atomic E-state index is -4.01. The number of nitrogens with one attached hydrogen (secondary N) is 1. The largest absolute Gasteiger partial charge is 0.497 e. The molecule has 0 unspecified atom stereocenters. The number of para-hydroxylation sites is 1. The summed E-state index contributed by atoms with van der Waals surface area (Å²) in [7, 11) is -2.50. The SMILES string of the molecule is CC[C@H](C)[C@@H](C(=O)N[C@@H](Cc1ccccc1)[C@@H](O)CN(CC(C)C)S(=O)(=O)c1ccc(OC)cc1)N1CCN(Cc2ccnc3ccccc23)C1=O. The summed E-state index contributed by atoms with van der Waals surface area (Å²) in [5.41, 5.74) is 2.70. The lowest BCUT2D eigenvalue weighted by Crippen LogP contribution is -2.57. The number of aliphatic hydroxyl groups is 1. The fourth-order valence-electron chi connectivity index (χ4n) is 6.77. The maximum atomic E-state index is 14.4. The van der Waals surface area contributed by atoms with Crippen molar-refractivity contribution in [3.63, 3.8) is 0 Å². The molecule has 0 aliphatic carbocycles. The van der Waals surface area contributed by atoms with Gasteiger partial charge >= 0.3 is 6.03 Å². The zero-order valence-electron chi connectivity index (χ0n) is 30.7. The summed E-state index contributed by atoms with van der Waals surface area (Å²) in [6.45, 7) is 8.90. The summed E-state index contributed by atoms with van der Waals surface area (Å²) in [5, 5.41) is 15.9. The number of fused-ring (bicyclic) bond motifs is 1. The van der Waals surface area contributed by atoms with Crippen molar-refractivity contribution in [2.45, 2.75) is 70.2 Å². The van der Waals surface area contributed by atoms with E-state index < -0.39 is 28.2 Å². The molecular weight excluding hydrogens is 679 g/mol. The van der Waals surface area contributed by atoms with Gasteiger partial charge in [0.25, 0.3) is 0 Å². The topological polar surface area (TPSA) is 132 Å². The molecule has 278 valence electrons. The van der Waals surface area contributed by atoms with Crippen molar-refractivity contribution >= 4 is 32.9 Å². The van der Waals surface area contributed by atoms with Crippen LogP contribution in [0.15, 0.2) is 96.0 Å². The zero-order chi connectivity index (χ0) is 37.4. The number of carbonyl (C=O) groups is 2. The van der Waals surface area contributed by atoms with Gasteiger partial charge in [0.05, 0.1) is 29.7 Å². The first-order chi connectivity index (χ1) is 24.9. The normalized spacial score (nSPS) is 16.0. The Balaban J connectivity index is 1.38. The summed E-state index contributed by atoms with van der Waals surface area (Å²) in [6, 6.07) is 23.5. The lowest BCUT2D eigenvalue weighted by atomic mass is 9.95. The highest BCUT2D eigenvalue weighted by Gasteiger charge is 2.41. The van der Waals surface area contributed by atoms with Crippen molar-refractivity contribution in [3.8, 4) is 5.75 Å². The van der Waals surface area contributed by atoms with Crippen LogP contribution in [0.3, 0.4) is 0 Å². The van der Waals surface area contributed by atoms with Gasteiger partial charge in [-0.2, -0.15) is 4.31 Å². The third-order valence-electron chi connectivity index (χ3n) is 9.76. The summed E-state index contributed by atoms with van der Waals surface area (Å²) < 4.78 is 34.3. The summed E-state index contributed by atoms with van der Waals surface area (Å²) >= 11 is 0. The molecule has 0 saturated carbocycles. The van der Waals surface area contributed by atoms with E-state index in [9.17, 15) is 23.1 Å². The number of aromatic nitrogens is 1. The number of urea groups is 1. The van der Waals surface area contributed by atoms with Gasteiger partial charge in [0.2, 0.25) is 15.9 Å². The van der Waals surface area contributed by atoms with Crippen LogP contribution >= 0.6 is 0 Å². The highest BCUT2D eigenvalue weighted by Crippen LogP contribution is 2.26. The van der Waals surface area contributed by atoms with E-state index in [1.807, 2.05) is 88.4 Å². The van der Waals surface area contributed by atoms with Gasteiger partial charge in [-0.05, 0) is 65.8 Å². The second-order valence-corrected chi connectivity index (χ2v) is 15.9. The molecule has 1 aliphatic rings. The number of nitrogens with zero attached hydrogens (tertiary/aromatic N) is 4. The van der Waals surface area contributed by atoms with Crippen LogP contribution in [0.5, 0.6) is 5.75 Å². The quantitative estimate of drug-likeness (QED) is 0.150. The Kier molecular flexibility index (Phi) is 12.9. The Morgan fingerprint density at radius 2 is 1.65 bits per heavy atom. The van der Waals surface area contributed by atoms with Gasteiger partial charge in [-0.3, -0.25) is 9.78 Å². The third kappa shape index (κ3) is 9.09. The number of sulfonamides is 1. The van der Waals surface area contributed by atoms with Gasteiger partial charge in [-0.1, -0.05) is 82.6 Å². The third-order valence-corrected chi connectivity index (χ3v) is 11.6. The number of carbonyl (C=O) groups excluding carboxylic acids is 2. The smallest absolute Gasteiger partial charge is 0.321 e. The molecule has 2 N–H and O–H groups in total. The van der Waals surface area contributed by atoms with Crippen molar-refractivity contribution in [1.82, 2.24) is 24.4 Å². The van der Waals surface area contributed by atoms with Crippen LogP contribution in [0.4, 0.5) is 4.79 Å². The average molecular weight is 730 g/mol. The molecule has 0 bridgehead atoms. The maximum Gasteiger partial charge on any atom is 0.321 e. The van der Waals surface area contributed by atoms with Crippen LogP contribution in [0.2, 0.25) is 0 Å². The van der Waals surface area contributed by atoms with Gasteiger partial charge in [-0.15, -0.1) is 0 Å². The molecule has 5 rings (SSSR count). The molecular formula is C40H51N5O6S. The average Bonchev–Trinajstić information content (AvgIpc) is 3.49. The number of hydrogen-bond acceptors (Lipinski definition) is 7. The first kappa shape index (κ1) is 38.7. The van der Waals surface area contributed by atoms with E-state index >= 15 is 0 Å². The van der Waals surface area contributed by atoms with Gasteiger partial charge in [0.15, 0.2) is 0 Å². The van der Waals surface area contributed by atoms with Crippen molar-refractivity contribution in [2.75, 3.05) is 33.3 Å². The molecule has 52 heavy (non-hydrogen) atoms. The lowest BCUT2D eigenvalue weighted by Gasteiger charge is -2.35. The number of hydrogen-bond donors (Lipinski definition) is 2. The van der Waals surface area contributed by atoms with Gasteiger partial charge in [0, 0.05) is 44.3 Å². The fourth-order valence-corrected chi connectivity index (χ4v) is 8.39. The number of benzene rings is 3. The predicted molar refractivity (Wildman–Crippen MR) is 202 cm³/mol. The molecule has 1 fully saturated rings. The highest BCUT2D eigenvalue weighted by molar-refractivity contribution is 7.89. The first-order valence-corrected chi connectivity index (χ1v) is 19.4. The maximum absolute atomic E-state index is 14.4. The van der Waals surface area contributed by atoms with E-state index in [2.05, 4.69) is 10.3 Å². The van der Waals surface area contributed by atoms with Crippen molar-refractivity contribution in [2.24, 2.45) is 11.8 Å². The summed E-state index contributed by atoms with van der Waals surface area (Å²) in [6.07, 6.45) is 1.38. The monoisotopic (exact) mass is 729 g/mol. The van der Waals surface area contributed by atoms with Crippen LogP contribution in [0, 0.1) is 11.8 Å². The van der Waals surface area contributed by atoms with E-state index in [-0.39, 0.29) is 48.2 Å². The number of amides is 3. The molecule has 0 spiro atoms. The van der Waals surface area contributed by atoms with Crippen LogP contribution < -0.4 is 10.1 Å². The Bertz CT molecular complexity index is 1900. The van der Waals surface area contributed by atoms with Crippen molar-refractivity contribution in [3.05, 3.63) is 102 Å². The Morgan fingerprint density at radius 3 is 2.33 bits per heavy atom. The fraction of sp³-hybridized carbons (Fsp3) is 0.425. The van der Waals surface area contributed by atoms with Gasteiger partial charge < -0.3 is 25.0 Å². The number of ether oxygens (including phenoxy) is 1. The minimum absolute atomic E-state index is 0.0357. The molecule has 12 heteroatoms. The van der Waals surface area contributed by atoms with E-state index in [1.54, 1.807) is 28.1 Å². The number of rotatable bonds is 17.